The van der Waals surface area contributed by atoms with Gasteiger partial charge in [0.1, 0.15) is 11.6 Å². The molecule has 2 heterocycles. The van der Waals surface area contributed by atoms with Crippen LogP contribution in [0, 0.1) is 17.0 Å². The van der Waals surface area contributed by atoms with Crippen LogP contribution in [0.15, 0.2) is 42.5 Å². The third-order valence-electron chi connectivity index (χ3n) is 4.38. The molecule has 10 nitrogen and oxygen atoms in total. The minimum absolute atomic E-state index is 0.0452. The lowest BCUT2D eigenvalue weighted by Gasteiger charge is -2.07. The Labute approximate surface area is 172 Å². The first-order chi connectivity index (χ1) is 14.4. The van der Waals surface area contributed by atoms with Crippen molar-refractivity contribution in [2.45, 2.75) is 13.5 Å². The molecule has 4 rings (SSSR count). The molecule has 0 N–H and O–H groups in total. The number of carbonyl (C=O) groups is 3. The van der Waals surface area contributed by atoms with Crippen LogP contribution in [0.1, 0.15) is 41.6 Å². The predicted octanol–water partition coefficient (Wildman–Crippen LogP) is 2.91. The Balaban J connectivity index is 1.55. The summed E-state index contributed by atoms with van der Waals surface area (Å²) in [5, 5.41) is 19.5. The Kier molecular flexibility index (Phi) is 4.80. The molecule has 30 heavy (non-hydrogen) atoms. The molecule has 11 heteroatoms. The quantitative estimate of drug-likeness (QED) is 0.264. The molecule has 1 aliphatic heterocycles. The molecule has 1 aromatic heterocycles. The van der Waals surface area contributed by atoms with Crippen molar-refractivity contribution in [3.05, 3.63) is 79.8 Å². The summed E-state index contributed by atoms with van der Waals surface area (Å²) in [5.74, 6) is -1.94. The van der Waals surface area contributed by atoms with Crippen LogP contribution < -0.4 is 4.90 Å². The van der Waals surface area contributed by atoms with Crippen LogP contribution in [-0.2, 0) is 11.3 Å². The zero-order valence-corrected chi connectivity index (χ0v) is 16.2. The topological polar surface area (TPSA) is 133 Å². The molecule has 3 aromatic rings. The maximum absolute atomic E-state index is 12.7. The Bertz CT molecular complexity index is 1220. The van der Waals surface area contributed by atoms with Gasteiger partial charge in [-0.15, -0.1) is 10.2 Å². The summed E-state index contributed by atoms with van der Waals surface area (Å²) in [6, 6.07) is 9.90. The average Bonchev–Trinajstić information content (AvgIpc) is 3.26. The van der Waals surface area contributed by atoms with Gasteiger partial charge in [-0.1, -0.05) is 23.5 Å². The van der Waals surface area contributed by atoms with Gasteiger partial charge in [-0.2, -0.15) is 0 Å². The molecule has 2 amide bonds. The number of aryl methyl sites for hydroxylation is 1. The zero-order chi connectivity index (χ0) is 21.4. The van der Waals surface area contributed by atoms with Crippen molar-refractivity contribution in [3.63, 3.8) is 0 Å². The van der Waals surface area contributed by atoms with E-state index in [1.54, 1.807) is 13.0 Å². The SMILES string of the molecule is Cc1nnc(N2C(=O)c3ccc(C(=O)OCc4ccccc4[N+](=O)[O-])cc3C2=O)s1. The normalized spacial score (nSPS) is 12.8. The van der Waals surface area contributed by atoms with E-state index in [0.29, 0.717) is 5.01 Å². The average molecular weight is 424 g/mol. The first-order valence-corrected chi connectivity index (χ1v) is 9.41. The highest BCUT2D eigenvalue weighted by atomic mass is 32.1. The standard InChI is InChI=1S/C19H12N4O6S/c1-10-20-21-19(30-10)22-16(24)13-7-6-11(8-14(13)17(22)25)18(26)29-9-12-4-2-3-5-15(12)23(27)28/h2-8H,9H2,1H3. The predicted molar refractivity (Wildman–Crippen MR) is 104 cm³/mol. The van der Waals surface area contributed by atoms with E-state index in [0.717, 1.165) is 16.2 Å². The zero-order valence-electron chi connectivity index (χ0n) is 15.4. The summed E-state index contributed by atoms with van der Waals surface area (Å²) in [6.07, 6.45) is 0. The fraction of sp³-hybridized carbons (Fsp3) is 0.105. The summed E-state index contributed by atoms with van der Waals surface area (Å²) >= 11 is 1.10. The second-order valence-corrected chi connectivity index (χ2v) is 7.43. The number of fused-ring (bicyclic) bond motifs is 1. The molecule has 0 atom stereocenters. The molecule has 0 spiro atoms. The van der Waals surface area contributed by atoms with Crippen LogP contribution in [0.3, 0.4) is 0 Å². The first kappa shape index (κ1) is 19.3. The molecule has 150 valence electrons. The number of hydrogen-bond donors (Lipinski definition) is 0. The number of amides is 2. The third kappa shape index (κ3) is 3.31. The number of imide groups is 1. The van der Waals surface area contributed by atoms with Crippen LogP contribution in [0.4, 0.5) is 10.8 Å². The van der Waals surface area contributed by atoms with Crippen molar-refractivity contribution in [1.82, 2.24) is 10.2 Å². The number of nitrogens with zero attached hydrogens (tertiary/aromatic N) is 4. The number of nitro benzene ring substituents is 1. The second kappa shape index (κ2) is 7.44. The van der Waals surface area contributed by atoms with Crippen LogP contribution in [0.5, 0.6) is 0 Å². The Hall–Kier alpha value is -3.99. The maximum atomic E-state index is 12.7. The molecule has 0 saturated heterocycles. The number of benzene rings is 2. The largest absolute Gasteiger partial charge is 0.457 e. The van der Waals surface area contributed by atoms with Gasteiger partial charge in [0.2, 0.25) is 5.13 Å². The number of carbonyl (C=O) groups excluding carboxylic acids is 3. The minimum atomic E-state index is -0.776. The Morgan fingerprint density at radius 1 is 1.13 bits per heavy atom. The summed E-state index contributed by atoms with van der Waals surface area (Å²) < 4.78 is 5.17. The summed E-state index contributed by atoms with van der Waals surface area (Å²) in [6.45, 7) is 1.39. The third-order valence-corrected chi connectivity index (χ3v) is 5.20. The monoisotopic (exact) mass is 424 g/mol. The summed E-state index contributed by atoms with van der Waals surface area (Å²) in [5.41, 5.74) is 0.309. The van der Waals surface area contributed by atoms with Gasteiger partial charge in [0, 0.05) is 6.07 Å². The minimum Gasteiger partial charge on any atom is -0.457 e. The number of nitro groups is 1. The Morgan fingerprint density at radius 2 is 1.87 bits per heavy atom. The van der Waals surface area contributed by atoms with E-state index in [-0.39, 0.29) is 39.7 Å². The second-order valence-electron chi connectivity index (χ2n) is 6.27. The lowest BCUT2D eigenvalue weighted by atomic mass is 10.1. The number of esters is 1. The molecular formula is C19H12N4O6S. The molecule has 2 aromatic carbocycles. The van der Waals surface area contributed by atoms with Gasteiger partial charge >= 0.3 is 5.97 Å². The molecule has 0 radical (unpaired) electrons. The molecule has 0 aliphatic carbocycles. The maximum Gasteiger partial charge on any atom is 0.338 e. The van der Waals surface area contributed by atoms with Gasteiger partial charge in [0.05, 0.1) is 27.2 Å². The van der Waals surface area contributed by atoms with Crippen LogP contribution in [0.2, 0.25) is 0 Å². The lowest BCUT2D eigenvalue weighted by molar-refractivity contribution is -0.385. The molecule has 0 fully saturated rings. The number of anilines is 1. The van der Waals surface area contributed by atoms with Crippen LogP contribution >= 0.6 is 11.3 Å². The highest BCUT2D eigenvalue weighted by Gasteiger charge is 2.39. The van der Waals surface area contributed by atoms with E-state index in [1.807, 2.05) is 0 Å². The molecule has 1 aliphatic rings. The van der Waals surface area contributed by atoms with Gasteiger partial charge in [0.25, 0.3) is 17.5 Å². The van der Waals surface area contributed by atoms with Crippen LogP contribution in [0.25, 0.3) is 0 Å². The van der Waals surface area contributed by atoms with E-state index < -0.39 is 22.7 Å². The fourth-order valence-electron chi connectivity index (χ4n) is 2.96. The molecule has 0 unspecified atom stereocenters. The first-order valence-electron chi connectivity index (χ1n) is 8.59. The van der Waals surface area contributed by atoms with Gasteiger partial charge in [-0.3, -0.25) is 19.7 Å². The van der Waals surface area contributed by atoms with Crippen molar-refractivity contribution in [1.29, 1.82) is 0 Å². The smallest absolute Gasteiger partial charge is 0.338 e. The van der Waals surface area contributed by atoms with Crippen molar-refractivity contribution in [3.8, 4) is 0 Å². The number of aromatic nitrogens is 2. The van der Waals surface area contributed by atoms with E-state index >= 15 is 0 Å². The van der Waals surface area contributed by atoms with Gasteiger partial charge < -0.3 is 4.74 Å². The van der Waals surface area contributed by atoms with Gasteiger partial charge in [-0.25, -0.2) is 9.69 Å². The number of hydrogen-bond acceptors (Lipinski definition) is 9. The molecular weight excluding hydrogens is 412 g/mol. The van der Waals surface area contributed by atoms with Gasteiger partial charge in [0.15, 0.2) is 0 Å². The van der Waals surface area contributed by atoms with Gasteiger partial charge in [-0.05, 0) is 31.2 Å². The number of ether oxygens (including phenoxy) is 1. The Morgan fingerprint density at radius 3 is 2.57 bits per heavy atom. The number of para-hydroxylation sites is 1. The van der Waals surface area contributed by atoms with E-state index in [1.165, 1.54) is 36.4 Å². The molecule has 0 bridgehead atoms. The van der Waals surface area contributed by atoms with E-state index in [2.05, 4.69) is 10.2 Å². The van der Waals surface area contributed by atoms with Crippen molar-refractivity contribution < 1.29 is 24.0 Å². The lowest BCUT2D eigenvalue weighted by Crippen LogP contribution is -2.29. The van der Waals surface area contributed by atoms with E-state index in [9.17, 15) is 24.5 Å². The summed E-state index contributed by atoms with van der Waals surface area (Å²) in [7, 11) is 0. The summed E-state index contributed by atoms with van der Waals surface area (Å²) in [4.78, 5) is 49.1. The van der Waals surface area contributed by atoms with Crippen molar-refractivity contribution in [2.75, 3.05) is 4.90 Å². The van der Waals surface area contributed by atoms with Crippen LogP contribution in [-0.4, -0.2) is 32.9 Å². The van der Waals surface area contributed by atoms with Crippen molar-refractivity contribution in [2.24, 2.45) is 0 Å². The molecule has 0 saturated carbocycles. The highest BCUT2D eigenvalue weighted by molar-refractivity contribution is 7.15. The van der Waals surface area contributed by atoms with Crippen molar-refractivity contribution >= 4 is 39.9 Å². The van der Waals surface area contributed by atoms with E-state index in [4.69, 9.17) is 4.74 Å². The number of rotatable bonds is 5. The fourth-order valence-corrected chi connectivity index (χ4v) is 3.64. The highest BCUT2D eigenvalue weighted by Crippen LogP contribution is 2.31.